The molecule has 1 heterocycles. The van der Waals surface area contributed by atoms with Crippen molar-refractivity contribution in [3.05, 3.63) is 66.0 Å². The maximum absolute atomic E-state index is 13.2. The Morgan fingerprint density at radius 1 is 1.16 bits per heavy atom. The fourth-order valence-corrected chi connectivity index (χ4v) is 4.71. The number of halogens is 1. The van der Waals surface area contributed by atoms with Gasteiger partial charge >= 0.3 is 0 Å². The Kier molecular flexibility index (Phi) is 5.15. The van der Waals surface area contributed by atoms with Crippen molar-refractivity contribution in [3.8, 4) is 0 Å². The Bertz CT molecular complexity index is 856. The average Bonchev–Trinajstić information content (AvgIpc) is 3.10. The normalized spacial score (nSPS) is 18.2. The SMILES string of the molecule is O=C(NC[C@H]1CCCN1S(=O)(=O)c1ccccc1)c1cccc(F)c1. The lowest BCUT2D eigenvalue weighted by Crippen LogP contribution is -2.43. The van der Waals surface area contributed by atoms with Gasteiger partial charge in [-0.2, -0.15) is 4.31 Å². The average molecular weight is 362 g/mol. The molecule has 0 radical (unpaired) electrons. The van der Waals surface area contributed by atoms with Crippen LogP contribution in [0.5, 0.6) is 0 Å². The van der Waals surface area contributed by atoms with Crippen LogP contribution in [0, 0.1) is 5.82 Å². The monoisotopic (exact) mass is 362 g/mol. The van der Waals surface area contributed by atoms with E-state index in [1.165, 1.54) is 22.5 Å². The molecule has 1 fully saturated rings. The quantitative estimate of drug-likeness (QED) is 0.888. The van der Waals surface area contributed by atoms with Crippen molar-refractivity contribution in [3.63, 3.8) is 0 Å². The van der Waals surface area contributed by atoms with E-state index in [0.717, 1.165) is 12.5 Å². The number of benzene rings is 2. The molecule has 2 aromatic carbocycles. The van der Waals surface area contributed by atoms with Crippen LogP contribution in [0.4, 0.5) is 4.39 Å². The Morgan fingerprint density at radius 3 is 2.64 bits per heavy atom. The standard InChI is InChI=1S/C18H19FN2O3S/c19-15-7-4-6-14(12-15)18(22)20-13-16-8-5-11-21(16)25(23,24)17-9-2-1-3-10-17/h1-4,6-7,9-10,12,16H,5,8,11,13H2,(H,20,22)/t16-/m1/s1. The molecule has 25 heavy (non-hydrogen) atoms. The van der Waals surface area contributed by atoms with Crippen LogP contribution in [0.2, 0.25) is 0 Å². The first-order valence-corrected chi connectivity index (χ1v) is 9.53. The Labute approximate surface area is 146 Å². The van der Waals surface area contributed by atoms with Crippen LogP contribution in [0.1, 0.15) is 23.2 Å². The van der Waals surface area contributed by atoms with Crippen molar-refractivity contribution in [2.24, 2.45) is 0 Å². The van der Waals surface area contributed by atoms with Crippen molar-refractivity contribution in [2.75, 3.05) is 13.1 Å². The van der Waals surface area contributed by atoms with Gasteiger partial charge in [-0.25, -0.2) is 12.8 Å². The van der Waals surface area contributed by atoms with Gasteiger partial charge in [-0.1, -0.05) is 24.3 Å². The first kappa shape index (κ1) is 17.6. The topological polar surface area (TPSA) is 66.5 Å². The van der Waals surface area contributed by atoms with E-state index in [2.05, 4.69) is 5.32 Å². The van der Waals surface area contributed by atoms with Crippen molar-refractivity contribution in [2.45, 2.75) is 23.8 Å². The second-order valence-electron chi connectivity index (χ2n) is 5.95. The van der Waals surface area contributed by atoms with Crippen LogP contribution < -0.4 is 5.32 Å². The number of hydrogen-bond donors (Lipinski definition) is 1. The van der Waals surface area contributed by atoms with Crippen LogP contribution in [0.3, 0.4) is 0 Å². The van der Waals surface area contributed by atoms with Gasteiger partial charge in [0.1, 0.15) is 5.82 Å². The fourth-order valence-electron chi connectivity index (χ4n) is 3.00. The summed E-state index contributed by atoms with van der Waals surface area (Å²) < 4.78 is 40.2. The summed E-state index contributed by atoms with van der Waals surface area (Å²) in [6.45, 7) is 0.624. The summed E-state index contributed by atoms with van der Waals surface area (Å²) in [4.78, 5) is 12.4. The molecule has 1 saturated heterocycles. The lowest BCUT2D eigenvalue weighted by atomic mass is 10.2. The number of sulfonamides is 1. The van der Waals surface area contributed by atoms with E-state index in [4.69, 9.17) is 0 Å². The first-order chi connectivity index (χ1) is 12.0. The van der Waals surface area contributed by atoms with Crippen molar-refractivity contribution >= 4 is 15.9 Å². The van der Waals surface area contributed by atoms with Gasteiger partial charge in [0, 0.05) is 24.7 Å². The largest absolute Gasteiger partial charge is 0.350 e. The Hall–Kier alpha value is -2.25. The highest BCUT2D eigenvalue weighted by molar-refractivity contribution is 7.89. The summed E-state index contributed by atoms with van der Waals surface area (Å²) >= 11 is 0. The van der Waals surface area contributed by atoms with Gasteiger partial charge in [-0.3, -0.25) is 4.79 Å². The predicted molar refractivity (Wildman–Crippen MR) is 92.1 cm³/mol. The first-order valence-electron chi connectivity index (χ1n) is 8.09. The van der Waals surface area contributed by atoms with Crippen LogP contribution in [0.15, 0.2) is 59.5 Å². The van der Waals surface area contributed by atoms with Gasteiger partial charge in [0.2, 0.25) is 10.0 Å². The molecule has 1 N–H and O–H groups in total. The molecule has 5 nitrogen and oxygen atoms in total. The Balaban J connectivity index is 1.69. The molecule has 1 amide bonds. The van der Waals surface area contributed by atoms with Gasteiger partial charge in [0.25, 0.3) is 5.91 Å². The van der Waals surface area contributed by atoms with Crippen LogP contribution in [-0.4, -0.2) is 37.8 Å². The van der Waals surface area contributed by atoms with E-state index in [1.807, 2.05) is 0 Å². The number of nitrogens with zero attached hydrogens (tertiary/aromatic N) is 1. The van der Waals surface area contributed by atoms with Crippen molar-refractivity contribution < 1.29 is 17.6 Å². The zero-order chi connectivity index (χ0) is 17.9. The van der Waals surface area contributed by atoms with E-state index < -0.39 is 21.7 Å². The minimum Gasteiger partial charge on any atom is -0.350 e. The van der Waals surface area contributed by atoms with Crippen LogP contribution in [0.25, 0.3) is 0 Å². The molecule has 132 valence electrons. The van der Waals surface area contributed by atoms with Crippen molar-refractivity contribution in [1.29, 1.82) is 0 Å². The third-order valence-corrected chi connectivity index (χ3v) is 6.22. The molecule has 0 bridgehead atoms. The van der Waals surface area contributed by atoms with Gasteiger partial charge in [0.15, 0.2) is 0 Å². The highest BCUT2D eigenvalue weighted by Crippen LogP contribution is 2.25. The van der Waals surface area contributed by atoms with E-state index in [-0.39, 0.29) is 23.0 Å². The summed E-state index contributed by atoms with van der Waals surface area (Å²) in [6, 6.07) is 13.4. The number of carbonyl (C=O) groups excluding carboxylic acids is 1. The molecule has 0 spiro atoms. The van der Waals surface area contributed by atoms with Gasteiger partial charge < -0.3 is 5.32 Å². The molecule has 1 aliphatic heterocycles. The molecule has 0 aliphatic carbocycles. The zero-order valence-electron chi connectivity index (χ0n) is 13.6. The van der Waals surface area contributed by atoms with Gasteiger partial charge in [-0.05, 0) is 43.2 Å². The lowest BCUT2D eigenvalue weighted by Gasteiger charge is -2.24. The maximum Gasteiger partial charge on any atom is 0.251 e. The number of nitrogens with one attached hydrogen (secondary N) is 1. The summed E-state index contributed by atoms with van der Waals surface area (Å²) in [6.07, 6.45) is 1.42. The van der Waals surface area contributed by atoms with E-state index in [9.17, 15) is 17.6 Å². The number of amides is 1. The number of rotatable bonds is 5. The molecule has 1 atom stereocenters. The predicted octanol–water partition coefficient (Wildman–Crippen LogP) is 2.41. The molecule has 1 aliphatic rings. The molecule has 0 aromatic heterocycles. The molecular formula is C18H19FN2O3S. The maximum atomic E-state index is 13.2. The molecule has 3 rings (SSSR count). The van der Waals surface area contributed by atoms with E-state index in [0.29, 0.717) is 13.0 Å². The summed E-state index contributed by atoms with van der Waals surface area (Å²) in [7, 11) is -3.59. The molecular weight excluding hydrogens is 343 g/mol. The van der Waals surface area contributed by atoms with Crippen LogP contribution >= 0.6 is 0 Å². The minimum atomic E-state index is -3.59. The Morgan fingerprint density at radius 2 is 1.92 bits per heavy atom. The lowest BCUT2D eigenvalue weighted by molar-refractivity contribution is 0.0946. The minimum absolute atomic E-state index is 0.196. The molecule has 0 unspecified atom stereocenters. The van der Waals surface area contributed by atoms with Gasteiger partial charge in [-0.15, -0.1) is 0 Å². The summed E-state index contributed by atoms with van der Waals surface area (Å²) in [5, 5.41) is 2.71. The third-order valence-electron chi connectivity index (χ3n) is 4.26. The summed E-state index contributed by atoms with van der Waals surface area (Å²) in [5.41, 5.74) is 0.218. The smallest absolute Gasteiger partial charge is 0.251 e. The molecule has 0 saturated carbocycles. The summed E-state index contributed by atoms with van der Waals surface area (Å²) in [5.74, 6) is -0.898. The number of carbonyl (C=O) groups is 1. The molecule has 7 heteroatoms. The van der Waals surface area contributed by atoms with E-state index >= 15 is 0 Å². The van der Waals surface area contributed by atoms with Crippen molar-refractivity contribution in [1.82, 2.24) is 9.62 Å². The third kappa shape index (κ3) is 3.88. The van der Waals surface area contributed by atoms with Crippen LogP contribution in [-0.2, 0) is 10.0 Å². The highest BCUT2D eigenvalue weighted by Gasteiger charge is 2.35. The second-order valence-corrected chi connectivity index (χ2v) is 7.84. The molecule has 2 aromatic rings. The number of hydrogen-bond acceptors (Lipinski definition) is 3. The highest BCUT2D eigenvalue weighted by atomic mass is 32.2. The van der Waals surface area contributed by atoms with E-state index in [1.54, 1.807) is 30.3 Å². The fraction of sp³-hybridized carbons (Fsp3) is 0.278. The van der Waals surface area contributed by atoms with Gasteiger partial charge in [0.05, 0.1) is 4.90 Å². The zero-order valence-corrected chi connectivity index (χ0v) is 14.4. The second kappa shape index (κ2) is 7.33.